The largest absolute Gasteiger partial charge is 0.354 e. The zero-order valence-electron chi connectivity index (χ0n) is 26.2. The van der Waals surface area contributed by atoms with Crippen molar-refractivity contribution in [2.24, 2.45) is 0 Å². The molecule has 0 aliphatic heterocycles. The number of nitrogens with zero attached hydrogens (tertiary/aromatic N) is 4. The van der Waals surface area contributed by atoms with E-state index in [1.807, 2.05) is 18.3 Å². The van der Waals surface area contributed by atoms with Crippen LogP contribution in [0.3, 0.4) is 0 Å². The van der Waals surface area contributed by atoms with Gasteiger partial charge in [-0.05, 0) is 72.6 Å². The number of benzene rings is 6. The highest BCUT2D eigenvalue weighted by Crippen LogP contribution is 2.40. The number of pyridine rings is 1. The molecule has 226 valence electrons. The normalized spacial score (nSPS) is 11.9. The van der Waals surface area contributed by atoms with Gasteiger partial charge in [0.2, 0.25) is 0 Å². The van der Waals surface area contributed by atoms with Gasteiger partial charge in [-0.1, -0.05) is 91.0 Å². The van der Waals surface area contributed by atoms with Crippen molar-refractivity contribution in [3.05, 3.63) is 157 Å². The Kier molecular flexibility index (Phi) is 5.72. The maximum atomic E-state index is 5.49. The van der Waals surface area contributed by atoms with Gasteiger partial charge in [-0.2, -0.15) is 0 Å². The molecule has 0 aliphatic rings. The van der Waals surface area contributed by atoms with Crippen molar-refractivity contribution < 1.29 is 0 Å². The third-order valence-electron chi connectivity index (χ3n) is 9.59. The molecule has 0 aliphatic carbocycles. The number of hydrogen-bond acceptors (Lipinski definition) is 2. The van der Waals surface area contributed by atoms with E-state index in [1.165, 1.54) is 27.1 Å². The summed E-state index contributed by atoms with van der Waals surface area (Å²) in [6.07, 6.45) is 1.86. The summed E-state index contributed by atoms with van der Waals surface area (Å²) in [7, 11) is 0. The highest BCUT2D eigenvalue weighted by atomic mass is 15.1. The summed E-state index contributed by atoms with van der Waals surface area (Å²) in [4.78, 5) is 14.0. The van der Waals surface area contributed by atoms with Crippen LogP contribution in [0, 0.1) is 6.92 Å². The number of aromatic amines is 1. The molecule has 0 spiro atoms. The van der Waals surface area contributed by atoms with Gasteiger partial charge in [0.25, 0.3) is 0 Å². The molecule has 0 fully saturated rings. The highest BCUT2D eigenvalue weighted by molar-refractivity contribution is 6.13. The SMILES string of the molecule is Cc1ccc2c3ccc(-c4cccc5c4nc(-c4cccc6c4[nH]c4ccccc46)n5-c4ccccc4)cc3n(-c3ccccn3)c2c1. The lowest BCUT2D eigenvalue weighted by atomic mass is 10.0. The first kappa shape index (κ1) is 26.7. The topological polar surface area (TPSA) is 51.4 Å². The second-order valence-electron chi connectivity index (χ2n) is 12.5. The molecule has 10 aromatic rings. The van der Waals surface area contributed by atoms with Crippen LogP contribution in [0.15, 0.2) is 152 Å². The van der Waals surface area contributed by atoms with E-state index in [2.05, 4.69) is 155 Å². The standard InChI is InChI=1S/C43H29N5/c1-27-20-22-32-33-23-21-28(26-39(33)48(38(32)25-27)40-19-7-8-24-44-40)30-14-10-18-37-42(30)46-43(47(37)29-11-3-2-4-12-29)35-16-9-15-34-31-13-5-6-17-36(31)45-41(34)35/h2-26,45H,1H3. The second kappa shape index (κ2) is 10.3. The van der Waals surface area contributed by atoms with Crippen molar-refractivity contribution in [3.63, 3.8) is 0 Å². The molecule has 0 amide bonds. The maximum absolute atomic E-state index is 5.49. The predicted octanol–water partition coefficient (Wildman–Crippen LogP) is 10.8. The molecule has 0 radical (unpaired) electrons. The third-order valence-corrected chi connectivity index (χ3v) is 9.59. The smallest absolute Gasteiger partial charge is 0.147 e. The maximum Gasteiger partial charge on any atom is 0.147 e. The molecule has 10 rings (SSSR count). The average molecular weight is 616 g/mol. The summed E-state index contributed by atoms with van der Waals surface area (Å²) in [6.45, 7) is 2.14. The van der Waals surface area contributed by atoms with Crippen LogP contribution in [0.1, 0.15) is 5.56 Å². The van der Waals surface area contributed by atoms with Crippen LogP contribution in [0.2, 0.25) is 0 Å². The second-order valence-corrected chi connectivity index (χ2v) is 12.5. The lowest BCUT2D eigenvalue weighted by Gasteiger charge is -2.11. The fourth-order valence-corrected chi connectivity index (χ4v) is 7.44. The first-order valence-electron chi connectivity index (χ1n) is 16.3. The van der Waals surface area contributed by atoms with E-state index in [9.17, 15) is 0 Å². The van der Waals surface area contributed by atoms with Gasteiger partial charge >= 0.3 is 0 Å². The summed E-state index contributed by atoms with van der Waals surface area (Å²) in [5.74, 6) is 1.81. The van der Waals surface area contributed by atoms with Crippen LogP contribution in [0.5, 0.6) is 0 Å². The minimum atomic E-state index is 0.903. The molecule has 5 nitrogen and oxygen atoms in total. The molecule has 6 aromatic carbocycles. The summed E-state index contributed by atoms with van der Waals surface area (Å²) >= 11 is 0. The number of fused-ring (bicyclic) bond motifs is 7. The van der Waals surface area contributed by atoms with Gasteiger partial charge in [0.1, 0.15) is 11.6 Å². The molecule has 0 saturated carbocycles. The molecule has 0 atom stereocenters. The molecule has 0 saturated heterocycles. The number of aryl methyl sites for hydroxylation is 1. The Hall–Kier alpha value is -6.46. The van der Waals surface area contributed by atoms with Crippen LogP contribution >= 0.6 is 0 Å². The van der Waals surface area contributed by atoms with Crippen LogP contribution in [-0.2, 0) is 0 Å². The van der Waals surface area contributed by atoms with E-state index >= 15 is 0 Å². The molecule has 0 bridgehead atoms. The number of rotatable bonds is 4. The lowest BCUT2D eigenvalue weighted by molar-refractivity contribution is 1.08. The lowest BCUT2D eigenvalue weighted by Crippen LogP contribution is -1.97. The Morgan fingerprint density at radius 1 is 0.542 bits per heavy atom. The summed E-state index contributed by atoms with van der Waals surface area (Å²) in [6, 6.07) is 51.6. The third kappa shape index (κ3) is 3.91. The van der Waals surface area contributed by atoms with Crippen molar-refractivity contribution in [1.82, 2.24) is 24.1 Å². The van der Waals surface area contributed by atoms with E-state index in [4.69, 9.17) is 9.97 Å². The highest BCUT2D eigenvalue weighted by Gasteiger charge is 2.21. The zero-order valence-corrected chi connectivity index (χ0v) is 26.2. The first-order valence-corrected chi connectivity index (χ1v) is 16.3. The Morgan fingerprint density at radius 3 is 2.17 bits per heavy atom. The van der Waals surface area contributed by atoms with Crippen molar-refractivity contribution >= 4 is 54.6 Å². The van der Waals surface area contributed by atoms with Gasteiger partial charge in [-0.3, -0.25) is 9.13 Å². The number of H-pyrrole nitrogens is 1. The van der Waals surface area contributed by atoms with Crippen LogP contribution in [0.4, 0.5) is 0 Å². The van der Waals surface area contributed by atoms with Crippen LogP contribution in [0.25, 0.3) is 88.7 Å². The number of nitrogens with one attached hydrogen (secondary N) is 1. The number of para-hydroxylation sites is 4. The fraction of sp³-hybridized carbons (Fsp3) is 0.0233. The molecule has 4 aromatic heterocycles. The minimum Gasteiger partial charge on any atom is -0.354 e. The summed E-state index contributed by atoms with van der Waals surface area (Å²) in [5.41, 5.74) is 12.0. The Balaban J connectivity index is 1.26. The zero-order chi connectivity index (χ0) is 31.8. The van der Waals surface area contributed by atoms with Gasteiger partial charge in [-0.25, -0.2) is 9.97 Å². The van der Waals surface area contributed by atoms with Crippen molar-refractivity contribution in [1.29, 1.82) is 0 Å². The van der Waals surface area contributed by atoms with Crippen molar-refractivity contribution in [2.45, 2.75) is 6.92 Å². The predicted molar refractivity (Wildman–Crippen MR) is 198 cm³/mol. The Morgan fingerprint density at radius 2 is 1.29 bits per heavy atom. The van der Waals surface area contributed by atoms with E-state index < -0.39 is 0 Å². The van der Waals surface area contributed by atoms with Gasteiger partial charge < -0.3 is 4.98 Å². The first-order chi connectivity index (χ1) is 23.7. The van der Waals surface area contributed by atoms with E-state index in [-0.39, 0.29) is 0 Å². The Bertz CT molecular complexity index is 2840. The summed E-state index contributed by atoms with van der Waals surface area (Å²) < 4.78 is 4.58. The number of hydrogen-bond donors (Lipinski definition) is 1. The van der Waals surface area contributed by atoms with E-state index in [0.29, 0.717) is 0 Å². The molecule has 48 heavy (non-hydrogen) atoms. The fourth-order valence-electron chi connectivity index (χ4n) is 7.44. The quantitative estimate of drug-likeness (QED) is 0.214. The van der Waals surface area contributed by atoms with Crippen molar-refractivity contribution in [2.75, 3.05) is 0 Å². The van der Waals surface area contributed by atoms with Crippen LogP contribution in [-0.4, -0.2) is 24.1 Å². The number of imidazole rings is 1. The molecular formula is C43H29N5. The minimum absolute atomic E-state index is 0.903. The summed E-state index contributed by atoms with van der Waals surface area (Å²) in [5, 5.41) is 4.82. The molecule has 5 heteroatoms. The molecular weight excluding hydrogens is 587 g/mol. The van der Waals surface area contributed by atoms with Crippen LogP contribution < -0.4 is 0 Å². The molecule has 0 unspecified atom stereocenters. The monoisotopic (exact) mass is 615 g/mol. The van der Waals surface area contributed by atoms with Gasteiger partial charge in [0, 0.05) is 50.1 Å². The molecule has 4 heterocycles. The van der Waals surface area contributed by atoms with E-state index in [0.717, 1.165) is 67.1 Å². The number of aromatic nitrogens is 5. The van der Waals surface area contributed by atoms with E-state index in [1.54, 1.807) is 0 Å². The molecule has 1 N–H and O–H groups in total. The van der Waals surface area contributed by atoms with Gasteiger partial charge in [0.15, 0.2) is 0 Å². The van der Waals surface area contributed by atoms with Gasteiger partial charge in [0.05, 0.1) is 27.6 Å². The Labute approximate surface area is 276 Å². The average Bonchev–Trinajstić information content (AvgIpc) is 3.81. The van der Waals surface area contributed by atoms with Crippen molar-refractivity contribution in [3.8, 4) is 34.0 Å². The van der Waals surface area contributed by atoms with Gasteiger partial charge in [-0.15, -0.1) is 0 Å².